The van der Waals surface area contributed by atoms with Crippen molar-refractivity contribution in [3.05, 3.63) is 11.8 Å². The molecule has 6 nitrogen and oxygen atoms in total. The highest BCUT2D eigenvalue weighted by Gasteiger charge is 2.22. The molecule has 1 aliphatic rings. The van der Waals surface area contributed by atoms with Gasteiger partial charge in [-0.1, -0.05) is 6.92 Å². The Bertz CT molecular complexity index is 465. The fourth-order valence-corrected chi connectivity index (χ4v) is 2.68. The number of aliphatic carboxylic acids is 1. The molecule has 1 saturated heterocycles. The van der Waals surface area contributed by atoms with Crippen LogP contribution >= 0.6 is 11.8 Å². The summed E-state index contributed by atoms with van der Waals surface area (Å²) in [5, 5.41) is 20.7. The van der Waals surface area contributed by atoms with Gasteiger partial charge in [-0.25, -0.2) is 4.79 Å². The Morgan fingerprint density at radius 2 is 2.14 bits per heavy atom. The van der Waals surface area contributed by atoms with Gasteiger partial charge in [0.2, 0.25) is 0 Å². The van der Waals surface area contributed by atoms with E-state index >= 15 is 0 Å². The number of hydrogen-bond donors (Lipinski definition) is 2. The maximum atomic E-state index is 12.1. The zero-order valence-corrected chi connectivity index (χ0v) is 13.9. The van der Waals surface area contributed by atoms with Crippen LogP contribution in [0.15, 0.2) is 11.8 Å². The molecule has 0 aromatic heterocycles. The van der Waals surface area contributed by atoms with E-state index in [4.69, 9.17) is 10.4 Å². The molecule has 1 rings (SSSR count). The highest BCUT2D eigenvalue weighted by Crippen LogP contribution is 2.16. The van der Waals surface area contributed by atoms with Gasteiger partial charge >= 0.3 is 5.97 Å². The average molecular weight is 325 g/mol. The molecule has 0 aliphatic carbocycles. The molecular weight excluding hydrogens is 302 g/mol. The standard InChI is InChI=1S/C15H23N3O3S/c1-11-3-6-18(7-4-11)10-12(9-16)14(19)17-13(15(20)21)5-8-22-2/h10-11,13H,3-8H2,1-2H3,(H,17,19)(H,20,21)/b12-10-. The minimum Gasteiger partial charge on any atom is -0.480 e. The van der Waals surface area contributed by atoms with Crippen molar-refractivity contribution in [2.24, 2.45) is 5.92 Å². The molecule has 1 unspecified atom stereocenters. The van der Waals surface area contributed by atoms with Crippen LogP contribution in [0.2, 0.25) is 0 Å². The summed E-state index contributed by atoms with van der Waals surface area (Å²) in [6.07, 6.45) is 5.82. The average Bonchev–Trinajstić information content (AvgIpc) is 2.50. The maximum Gasteiger partial charge on any atom is 0.326 e. The molecule has 1 fully saturated rings. The number of carboxylic acids is 1. The van der Waals surface area contributed by atoms with E-state index in [9.17, 15) is 9.59 Å². The predicted molar refractivity (Wildman–Crippen MR) is 86.2 cm³/mol. The number of nitrogens with zero attached hydrogens (tertiary/aromatic N) is 2. The lowest BCUT2D eigenvalue weighted by molar-refractivity contribution is -0.141. The van der Waals surface area contributed by atoms with Gasteiger partial charge in [-0.3, -0.25) is 4.79 Å². The lowest BCUT2D eigenvalue weighted by atomic mass is 9.99. The first kappa shape index (κ1) is 18.4. The van der Waals surface area contributed by atoms with Gasteiger partial charge in [0.25, 0.3) is 5.91 Å². The van der Waals surface area contributed by atoms with E-state index in [1.165, 1.54) is 11.8 Å². The third-order valence-electron chi connectivity index (χ3n) is 3.71. The van der Waals surface area contributed by atoms with Gasteiger partial charge in [-0.2, -0.15) is 17.0 Å². The molecule has 1 atom stereocenters. The topological polar surface area (TPSA) is 93.4 Å². The molecule has 22 heavy (non-hydrogen) atoms. The van der Waals surface area contributed by atoms with Crippen LogP contribution < -0.4 is 5.32 Å². The fourth-order valence-electron chi connectivity index (χ4n) is 2.21. The van der Waals surface area contributed by atoms with Gasteiger partial charge in [0.05, 0.1) is 0 Å². The Morgan fingerprint density at radius 3 is 2.64 bits per heavy atom. The summed E-state index contributed by atoms with van der Waals surface area (Å²) < 4.78 is 0. The van der Waals surface area contributed by atoms with Crippen LogP contribution in [0.1, 0.15) is 26.2 Å². The summed E-state index contributed by atoms with van der Waals surface area (Å²) in [6, 6.07) is 0.910. The molecule has 0 aromatic carbocycles. The van der Waals surface area contributed by atoms with Gasteiger partial charge in [0.1, 0.15) is 17.7 Å². The zero-order valence-electron chi connectivity index (χ0n) is 13.0. The lowest BCUT2D eigenvalue weighted by Crippen LogP contribution is -2.42. The number of likely N-dealkylation sites (tertiary alicyclic amines) is 1. The molecule has 1 heterocycles. The number of hydrogen-bond acceptors (Lipinski definition) is 5. The summed E-state index contributed by atoms with van der Waals surface area (Å²) in [5.74, 6) is -0.402. The second-order valence-electron chi connectivity index (χ2n) is 5.52. The molecule has 0 spiro atoms. The molecule has 1 amide bonds. The van der Waals surface area contributed by atoms with Gasteiger partial charge in [-0.15, -0.1) is 0 Å². The minimum atomic E-state index is -1.08. The van der Waals surface area contributed by atoms with E-state index in [2.05, 4.69) is 12.2 Å². The van der Waals surface area contributed by atoms with E-state index in [0.29, 0.717) is 18.1 Å². The van der Waals surface area contributed by atoms with E-state index in [1.54, 1.807) is 6.20 Å². The number of nitriles is 1. The number of carboxylic acid groups (broad SMARTS) is 1. The Hall–Kier alpha value is -1.68. The van der Waals surface area contributed by atoms with Crippen molar-refractivity contribution in [1.29, 1.82) is 5.26 Å². The monoisotopic (exact) mass is 325 g/mol. The predicted octanol–water partition coefficient (Wildman–Crippen LogP) is 1.45. The van der Waals surface area contributed by atoms with Crippen molar-refractivity contribution < 1.29 is 14.7 Å². The van der Waals surface area contributed by atoms with Crippen LogP contribution in [0.4, 0.5) is 0 Å². The van der Waals surface area contributed by atoms with Crippen LogP contribution in [0.25, 0.3) is 0 Å². The third kappa shape index (κ3) is 5.98. The molecule has 2 N–H and O–H groups in total. The summed E-state index contributed by atoms with van der Waals surface area (Å²) in [6.45, 7) is 3.81. The number of amides is 1. The van der Waals surface area contributed by atoms with Gasteiger partial charge in [0.15, 0.2) is 0 Å². The van der Waals surface area contributed by atoms with Crippen molar-refractivity contribution in [3.63, 3.8) is 0 Å². The van der Waals surface area contributed by atoms with Crippen molar-refractivity contribution >= 4 is 23.6 Å². The molecule has 0 aromatic rings. The minimum absolute atomic E-state index is 0.0371. The van der Waals surface area contributed by atoms with Crippen LogP contribution in [0.5, 0.6) is 0 Å². The largest absolute Gasteiger partial charge is 0.480 e. The van der Waals surface area contributed by atoms with E-state index in [0.717, 1.165) is 25.9 Å². The Morgan fingerprint density at radius 1 is 1.50 bits per heavy atom. The number of rotatable bonds is 7. The van der Waals surface area contributed by atoms with Gasteiger partial charge < -0.3 is 15.3 Å². The van der Waals surface area contributed by atoms with E-state index in [1.807, 2.05) is 17.2 Å². The highest BCUT2D eigenvalue weighted by atomic mass is 32.2. The first-order valence-electron chi connectivity index (χ1n) is 7.36. The zero-order chi connectivity index (χ0) is 16.5. The van der Waals surface area contributed by atoms with Crippen molar-refractivity contribution in [3.8, 4) is 6.07 Å². The first-order valence-corrected chi connectivity index (χ1v) is 8.76. The van der Waals surface area contributed by atoms with Crippen LogP contribution in [-0.4, -0.2) is 53.0 Å². The number of piperidine rings is 1. The van der Waals surface area contributed by atoms with Crippen molar-refractivity contribution in [2.75, 3.05) is 25.1 Å². The first-order chi connectivity index (χ1) is 10.5. The van der Waals surface area contributed by atoms with Crippen LogP contribution in [-0.2, 0) is 9.59 Å². The van der Waals surface area contributed by atoms with Crippen molar-refractivity contribution in [2.45, 2.75) is 32.2 Å². The van der Waals surface area contributed by atoms with E-state index in [-0.39, 0.29) is 5.57 Å². The quantitative estimate of drug-likeness (QED) is 0.543. The molecular formula is C15H23N3O3S. The van der Waals surface area contributed by atoms with Gasteiger partial charge in [-0.05, 0) is 37.2 Å². The maximum absolute atomic E-state index is 12.1. The molecule has 1 aliphatic heterocycles. The SMILES string of the molecule is CSCCC(NC(=O)/C(C#N)=C\N1CCC(C)CC1)C(=O)O. The Kier molecular flexibility index (Phi) is 7.82. The normalized spacial score (nSPS) is 17.7. The Labute approximate surface area is 135 Å². The molecule has 0 radical (unpaired) electrons. The molecule has 7 heteroatoms. The van der Waals surface area contributed by atoms with Crippen LogP contribution in [0.3, 0.4) is 0 Å². The number of thioether (sulfide) groups is 1. The fraction of sp³-hybridized carbons (Fsp3) is 0.667. The number of carbonyl (C=O) groups excluding carboxylic acids is 1. The number of carbonyl (C=O) groups is 2. The van der Waals surface area contributed by atoms with Crippen molar-refractivity contribution in [1.82, 2.24) is 10.2 Å². The number of nitrogens with one attached hydrogen (secondary N) is 1. The summed E-state index contributed by atoms with van der Waals surface area (Å²) in [7, 11) is 0. The van der Waals surface area contributed by atoms with Crippen LogP contribution in [0, 0.1) is 17.2 Å². The molecule has 122 valence electrons. The second kappa shape index (κ2) is 9.36. The summed E-state index contributed by atoms with van der Waals surface area (Å²) in [5.41, 5.74) is -0.0371. The lowest BCUT2D eigenvalue weighted by Gasteiger charge is -2.29. The third-order valence-corrected chi connectivity index (χ3v) is 4.35. The molecule has 0 saturated carbocycles. The Balaban J connectivity index is 2.66. The second-order valence-corrected chi connectivity index (χ2v) is 6.50. The molecule has 0 bridgehead atoms. The highest BCUT2D eigenvalue weighted by molar-refractivity contribution is 7.98. The summed E-state index contributed by atoms with van der Waals surface area (Å²) >= 11 is 1.51. The summed E-state index contributed by atoms with van der Waals surface area (Å²) in [4.78, 5) is 25.2. The van der Waals surface area contributed by atoms with Gasteiger partial charge in [0, 0.05) is 19.3 Å². The van der Waals surface area contributed by atoms with E-state index < -0.39 is 17.9 Å². The smallest absolute Gasteiger partial charge is 0.326 e.